The molecule has 3 aliphatic heterocycles. The van der Waals surface area contributed by atoms with Crippen LogP contribution in [-0.4, -0.2) is 83.7 Å². The van der Waals surface area contributed by atoms with E-state index in [2.05, 4.69) is 65.4 Å². The Morgan fingerprint density at radius 3 is 2.63 bits per heavy atom. The number of nitrogens with one attached hydrogen (secondary N) is 1. The van der Waals surface area contributed by atoms with E-state index in [0.717, 1.165) is 68.8 Å². The number of aromatic nitrogens is 2. The van der Waals surface area contributed by atoms with Gasteiger partial charge in [0.25, 0.3) is 0 Å². The smallest absolute Gasteiger partial charge is 0.245 e. The molecule has 0 radical (unpaired) electrons. The van der Waals surface area contributed by atoms with Crippen molar-refractivity contribution in [2.45, 2.75) is 69.7 Å². The van der Waals surface area contributed by atoms with Gasteiger partial charge >= 0.3 is 0 Å². The number of nitrogens with zero attached hydrogens (tertiary/aromatic N) is 5. The molecule has 0 spiro atoms. The lowest BCUT2D eigenvalue weighted by Crippen LogP contribution is -2.58. The van der Waals surface area contributed by atoms with Crippen LogP contribution in [-0.2, 0) is 22.5 Å². The second-order valence-electron chi connectivity index (χ2n) is 10.4. The number of amides is 1. The second kappa shape index (κ2) is 10.5. The number of hydrogen-bond donors (Lipinski definition) is 1. The maximum atomic E-state index is 14.0. The Morgan fingerprint density at radius 2 is 1.89 bits per heavy atom. The van der Waals surface area contributed by atoms with E-state index < -0.39 is 0 Å². The summed E-state index contributed by atoms with van der Waals surface area (Å²) in [6, 6.07) is 11.1. The van der Waals surface area contributed by atoms with Crippen LogP contribution < -0.4 is 10.2 Å². The third-order valence-electron chi connectivity index (χ3n) is 7.82. The van der Waals surface area contributed by atoms with Gasteiger partial charge in [-0.2, -0.15) is 0 Å². The second-order valence-corrected chi connectivity index (χ2v) is 10.4. The number of hydrogen-bond acceptors (Lipinski definition) is 7. The molecule has 3 atom stereocenters. The molecule has 4 heterocycles. The topological polar surface area (TPSA) is 73.8 Å². The van der Waals surface area contributed by atoms with Crippen LogP contribution in [0.5, 0.6) is 0 Å². The number of piperidine rings is 1. The first-order chi connectivity index (χ1) is 17.0. The summed E-state index contributed by atoms with van der Waals surface area (Å²) in [4.78, 5) is 30.1. The average molecular weight is 479 g/mol. The van der Waals surface area contributed by atoms with E-state index in [1.807, 2.05) is 17.2 Å². The van der Waals surface area contributed by atoms with Crippen molar-refractivity contribution in [1.82, 2.24) is 19.8 Å². The quantitative estimate of drug-likeness (QED) is 0.708. The first-order valence-electron chi connectivity index (χ1n) is 13.0. The number of carbonyl (C=O) groups is 1. The molecule has 3 aliphatic rings. The van der Waals surface area contributed by atoms with Crippen molar-refractivity contribution in [1.29, 1.82) is 0 Å². The Kier molecular flexibility index (Phi) is 7.20. The van der Waals surface area contributed by atoms with Crippen molar-refractivity contribution >= 4 is 17.5 Å². The number of rotatable bonds is 5. The highest BCUT2D eigenvalue weighted by Gasteiger charge is 2.39. The van der Waals surface area contributed by atoms with E-state index in [9.17, 15) is 4.79 Å². The Balaban J connectivity index is 1.34. The minimum atomic E-state index is -0.153. The van der Waals surface area contributed by atoms with Crippen LogP contribution in [0, 0.1) is 0 Å². The largest absolute Gasteiger partial charge is 0.381 e. The molecule has 0 bridgehead atoms. The normalized spacial score (nSPS) is 25.4. The summed E-state index contributed by atoms with van der Waals surface area (Å²) in [6.07, 6.45) is 6.54. The fourth-order valence-corrected chi connectivity index (χ4v) is 5.61. The molecule has 1 amide bonds. The van der Waals surface area contributed by atoms with Crippen molar-refractivity contribution < 1.29 is 9.53 Å². The maximum Gasteiger partial charge on any atom is 0.245 e. The third-order valence-corrected chi connectivity index (χ3v) is 7.82. The summed E-state index contributed by atoms with van der Waals surface area (Å²) in [7, 11) is 4.26. The molecule has 1 N–H and O–H groups in total. The fourth-order valence-electron chi connectivity index (χ4n) is 5.61. The van der Waals surface area contributed by atoms with Gasteiger partial charge in [-0.25, -0.2) is 9.97 Å². The molecule has 2 aromatic rings. The van der Waals surface area contributed by atoms with Crippen LogP contribution in [0.1, 0.15) is 43.9 Å². The SMILES string of the molecule is C[C@@H]1Cc2cnc(NC3CCOCC3)nc2CN1C(=O)[C@@H]1CCC(N(C)C)CN1c1ccccc1. The van der Waals surface area contributed by atoms with Crippen molar-refractivity contribution in [2.75, 3.05) is 44.1 Å². The average Bonchev–Trinajstić information content (AvgIpc) is 2.89. The molecular weight excluding hydrogens is 440 g/mol. The van der Waals surface area contributed by atoms with Gasteiger partial charge < -0.3 is 24.8 Å². The van der Waals surface area contributed by atoms with E-state index in [0.29, 0.717) is 24.6 Å². The van der Waals surface area contributed by atoms with Gasteiger partial charge in [-0.3, -0.25) is 4.79 Å². The summed E-state index contributed by atoms with van der Waals surface area (Å²) >= 11 is 0. The molecule has 1 unspecified atom stereocenters. The van der Waals surface area contributed by atoms with E-state index in [1.54, 1.807) is 0 Å². The molecule has 2 fully saturated rings. The van der Waals surface area contributed by atoms with Crippen LogP contribution in [0.15, 0.2) is 36.5 Å². The zero-order chi connectivity index (χ0) is 24.4. The molecule has 35 heavy (non-hydrogen) atoms. The number of para-hydroxylation sites is 1. The first kappa shape index (κ1) is 24.0. The van der Waals surface area contributed by atoms with Crippen LogP contribution in [0.3, 0.4) is 0 Å². The molecule has 8 nitrogen and oxygen atoms in total. The van der Waals surface area contributed by atoms with Crippen molar-refractivity contribution in [2.24, 2.45) is 0 Å². The Hall–Kier alpha value is -2.71. The van der Waals surface area contributed by atoms with E-state index in [1.165, 1.54) is 0 Å². The summed E-state index contributed by atoms with van der Waals surface area (Å²) in [5, 5.41) is 3.48. The molecule has 188 valence electrons. The number of fused-ring (bicyclic) bond motifs is 1. The predicted molar refractivity (Wildman–Crippen MR) is 137 cm³/mol. The van der Waals surface area contributed by atoms with Gasteiger partial charge in [-0.1, -0.05) is 18.2 Å². The molecule has 1 aromatic heterocycles. The lowest BCUT2D eigenvalue weighted by molar-refractivity contribution is -0.136. The molecule has 0 aliphatic carbocycles. The third kappa shape index (κ3) is 5.28. The van der Waals surface area contributed by atoms with Crippen LogP contribution in [0.2, 0.25) is 0 Å². The lowest BCUT2D eigenvalue weighted by Gasteiger charge is -2.45. The standard InChI is InChI=1S/C27H38N6O2/c1-19-15-20-16-28-27(29-21-11-13-35-14-12-21)30-24(20)18-32(19)26(34)25-10-9-23(31(2)3)17-33(25)22-7-5-4-6-8-22/h4-8,16,19,21,23,25H,9-15,17-18H2,1-3H3,(H,28,29,30)/t19-,23?,25+/m1/s1. The zero-order valence-electron chi connectivity index (χ0n) is 21.2. The van der Waals surface area contributed by atoms with Gasteiger partial charge in [0.05, 0.1) is 12.2 Å². The van der Waals surface area contributed by atoms with Crippen molar-refractivity contribution in [3.05, 3.63) is 47.8 Å². The Bertz CT molecular complexity index is 1010. The first-order valence-corrected chi connectivity index (χ1v) is 13.0. The lowest BCUT2D eigenvalue weighted by atomic mass is 9.93. The number of likely N-dealkylation sites (N-methyl/N-ethyl adjacent to an activating group) is 1. The minimum absolute atomic E-state index is 0.122. The fraction of sp³-hybridized carbons (Fsp3) is 0.593. The summed E-state index contributed by atoms with van der Waals surface area (Å²) in [6.45, 7) is 5.09. The van der Waals surface area contributed by atoms with Gasteiger partial charge in [0.1, 0.15) is 6.04 Å². The van der Waals surface area contributed by atoms with Gasteiger partial charge in [0.2, 0.25) is 11.9 Å². The number of benzene rings is 1. The highest BCUT2D eigenvalue weighted by molar-refractivity contribution is 5.86. The van der Waals surface area contributed by atoms with Crippen LogP contribution >= 0.6 is 0 Å². The summed E-state index contributed by atoms with van der Waals surface area (Å²) in [5.41, 5.74) is 3.23. The molecule has 8 heteroatoms. The molecule has 5 rings (SSSR count). The molecule has 2 saturated heterocycles. The number of ether oxygens (including phenoxy) is 1. The molecular formula is C27H38N6O2. The predicted octanol–water partition coefficient (Wildman–Crippen LogP) is 2.94. The monoisotopic (exact) mass is 478 g/mol. The Morgan fingerprint density at radius 1 is 1.11 bits per heavy atom. The Labute approximate surface area is 208 Å². The molecule has 0 saturated carbocycles. The van der Waals surface area contributed by atoms with Crippen LogP contribution in [0.4, 0.5) is 11.6 Å². The van der Waals surface area contributed by atoms with Crippen molar-refractivity contribution in [3.8, 4) is 0 Å². The molecule has 1 aromatic carbocycles. The van der Waals surface area contributed by atoms with Crippen molar-refractivity contribution in [3.63, 3.8) is 0 Å². The zero-order valence-corrected chi connectivity index (χ0v) is 21.2. The van der Waals surface area contributed by atoms with E-state index >= 15 is 0 Å². The number of carbonyl (C=O) groups excluding carboxylic acids is 1. The summed E-state index contributed by atoms with van der Waals surface area (Å²) < 4.78 is 5.47. The summed E-state index contributed by atoms with van der Waals surface area (Å²) in [5.74, 6) is 0.872. The number of anilines is 2. The highest BCUT2D eigenvalue weighted by Crippen LogP contribution is 2.30. The van der Waals surface area contributed by atoms with Gasteiger partial charge in [0, 0.05) is 49.8 Å². The van der Waals surface area contributed by atoms with E-state index in [-0.39, 0.29) is 18.0 Å². The van der Waals surface area contributed by atoms with E-state index in [4.69, 9.17) is 9.72 Å². The van der Waals surface area contributed by atoms with Crippen LogP contribution in [0.25, 0.3) is 0 Å². The van der Waals surface area contributed by atoms with Gasteiger partial charge in [0.15, 0.2) is 0 Å². The highest BCUT2D eigenvalue weighted by atomic mass is 16.5. The minimum Gasteiger partial charge on any atom is -0.381 e. The van der Waals surface area contributed by atoms with Gasteiger partial charge in [-0.05, 0) is 70.8 Å². The van der Waals surface area contributed by atoms with Gasteiger partial charge in [-0.15, -0.1) is 0 Å². The maximum absolute atomic E-state index is 14.0.